The molecule has 0 saturated carbocycles. The van der Waals surface area contributed by atoms with Crippen molar-refractivity contribution in [2.24, 2.45) is 5.41 Å². The quantitative estimate of drug-likeness (QED) is 0.629. The minimum absolute atomic E-state index is 0.102. The van der Waals surface area contributed by atoms with E-state index in [2.05, 4.69) is 26.2 Å². The first kappa shape index (κ1) is 14.7. The molecule has 1 aliphatic rings. The van der Waals surface area contributed by atoms with Gasteiger partial charge in [0.25, 0.3) is 5.69 Å². The molecule has 0 aromatic carbocycles. The van der Waals surface area contributed by atoms with Crippen LogP contribution < -0.4 is 5.32 Å². The molecule has 1 aromatic rings. The highest BCUT2D eigenvalue weighted by Crippen LogP contribution is 2.33. The highest BCUT2D eigenvalue weighted by molar-refractivity contribution is 9.10. The monoisotopic (exact) mass is 345 g/mol. The molecule has 1 fully saturated rings. The molecule has 0 amide bonds. The molecule has 8 nitrogen and oxygen atoms in total. The van der Waals surface area contributed by atoms with Gasteiger partial charge in [0.2, 0.25) is 0 Å². The minimum atomic E-state index is -1.07. The number of nitrogens with zero attached hydrogens (tertiary/aromatic N) is 2. The molecule has 1 aliphatic heterocycles. The number of pyridine rings is 1. The number of nitrogens with one attached hydrogen (secondary N) is 1. The molecule has 2 atom stereocenters. The molecule has 0 bridgehead atoms. The molecule has 0 spiro atoms. The Morgan fingerprint density at radius 3 is 3.00 bits per heavy atom. The van der Waals surface area contributed by atoms with Gasteiger partial charge in [0.05, 0.1) is 28.7 Å². The molecule has 0 aliphatic carbocycles. The number of hydrogen-bond acceptors (Lipinski definition) is 6. The van der Waals surface area contributed by atoms with Crippen molar-refractivity contribution in [3.8, 4) is 0 Å². The van der Waals surface area contributed by atoms with E-state index in [1.807, 2.05) is 0 Å². The average Bonchev–Trinajstić information content (AvgIpc) is 2.74. The van der Waals surface area contributed by atoms with Crippen molar-refractivity contribution in [2.45, 2.75) is 13.0 Å². The number of carbonyl (C=O) groups is 1. The number of aromatic nitrogens is 1. The molecule has 108 valence electrons. The highest BCUT2D eigenvalue weighted by atomic mass is 79.9. The summed E-state index contributed by atoms with van der Waals surface area (Å²) in [6.45, 7) is 1.91. The zero-order chi connectivity index (χ0) is 14.9. The number of aliphatic carboxylic acids is 1. The Morgan fingerprint density at radius 1 is 1.75 bits per heavy atom. The maximum Gasteiger partial charge on any atom is 0.313 e. The van der Waals surface area contributed by atoms with E-state index < -0.39 is 22.3 Å². The van der Waals surface area contributed by atoms with Crippen LogP contribution in [0.15, 0.2) is 16.7 Å². The summed E-state index contributed by atoms with van der Waals surface area (Å²) in [7, 11) is 0. The van der Waals surface area contributed by atoms with Gasteiger partial charge in [0.15, 0.2) is 0 Å². The first-order chi connectivity index (χ1) is 9.34. The van der Waals surface area contributed by atoms with Gasteiger partial charge in [-0.3, -0.25) is 14.9 Å². The van der Waals surface area contributed by atoms with E-state index in [0.29, 0.717) is 10.3 Å². The Morgan fingerprint density at radius 2 is 2.45 bits per heavy atom. The first-order valence-electron chi connectivity index (χ1n) is 5.72. The predicted octanol–water partition coefficient (Wildman–Crippen LogP) is 1.65. The zero-order valence-electron chi connectivity index (χ0n) is 10.5. The summed E-state index contributed by atoms with van der Waals surface area (Å²) in [6.07, 6.45) is 1.11. The maximum atomic E-state index is 11.3. The SMILES string of the molecule is CC1(C(=O)O)COCC1Nc1ncc([N+](=O)[O-])cc1Br. The van der Waals surface area contributed by atoms with E-state index in [-0.39, 0.29) is 18.9 Å². The van der Waals surface area contributed by atoms with Crippen molar-refractivity contribution >= 4 is 33.4 Å². The lowest BCUT2D eigenvalue weighted by atomic mass is 9.85. The van der Waals surface area contributed by atoms with Crippen molar-refractivity contribution in [1.29, 1.82) is 0 Å². The van der Waals surface area contributed by atoms with Gasteiger partial charge < -0.3 is 15.2 Å². The van der Waals surface area contributed by atoms with Crippen LogP contribution in [0.4, 0.5) is 11.5 Å². The maximum absolute atomic E-state index is 11.3. The third kappa shape index (κ3) is 2.59. The van der Waals surface area contributed by atoms with Gasteiger partial charge in [-0.1, -0.05) is 0 Å². The number of ether oxygens (including phenoxy) is 1. The van der Waals surface area contributed by atoms with Crippen LogP contribution in [0.5, 0.6) is 0 Å². The van der Waals surface area contributed by atoms with Gasteiger partial charge in [0, 0.05) is 6.07 Å². The number of nitro groups is 1. The lowest BCUT2D eigenvalue weighted by Gasteiger charge is -2.26. The van der Waals surface area contributed by atoms with Crippen LogP contribution in [0.1, 0.15) is 6.92 Å². The summed E-state index contributed by atoms with van der Waals surface area (Å²) in [5, 5.41) is 22.9. The summed E-state index contributed by atoms with van der Waals surface area (Å²) in [4.78, 5) is 25.3. The number of halogens is 1. The van der Waals surface area contributed by atoms with Gasteiger partial charge >= 0.3 is 5.97 Å². The van der Waals surface area contributed by atoms with Gasteiger partial charge in [-0.2, -0.15) is 0 Å². The molecule has 9 heteroatoms. The Kier molecular flexibility index (Phi) is 3.91. The molecular weight excluding hydrogens is 334 g/mol. The average molecular weight is 346 g/mol. The number of anilines is 1. The molecule has 1 aromatic heterocycles. The molecule has 1 saturated heterocycles. The van der Waals surface area contributed by atoms with Crippen molar-refractivity contribution in [2.75, 3.05) is 18.5 Å². The summed E-state index contributed by atoms with van der Waals surface area (Å²) < 4.78 is 5.61. The summed E-state index contributed by atoms with van der Waals surface area (Å²) in [5.74, 6) is -0.621. The third-order valence-corrected chi connectivity index (χ3v) is 3.90. The second-order valence-electron chi connectivity index (χ2n) is 4.72. The second-order valence-corrected chi connectivity index (χ2v) is 5.57. The second kappa shape index (κ2) is 5.33. The van der Waals surface area contributed by atoms with Crippen LogP contribution in [0.2, 0.25) is 0 Å². The lowest BCUT2D eigenvalue weighted by molar-refractivity contribution is -0.385. The standard InChI is InChI=1S/C11H12BrN3O5/c1-11(10(16)17)5-20-4-8(11)14-9-7(12)2-6(3-13-9)15(18)19/h2-3,8H,4-5H2,1H3,(H,13,14)(H,16,17). The third-order valence-electron chi connectivity index (χ3n) is 3.29. The van der Waals surface area contributed by atoms with Gasteiger partial charge in [-0.25, -0.2) is 4.98 Å². The van der Waals surface area contributed by atoms with Crippen LogP contribution in [-0.2, 0) is 9.53 Å². The van der Waals surface area contributed by atoms with Gasteiger partial charge in [0.1, 0.15) is 17.4 Å². The first-order valence-corrected chi connectivity index (χ1v) is 6.51. The normalized spacial score (nSPS) is 25.4. The predicted molar refractivity (Wildman–Crippen MR) is 72.6 cm³/mol. The molecule has 2 N–H and O–H groups in total. The van der Waals surface area contributed by atoms with Crippen molar-refractivity contribution in [3.63, 3.8) is 0 Å². The fraction of sp³-hybridized carbons (Fsp3) is 0.455. The summed E-state index contributed by atoms with van der Waals surface area (Å²) >= 11 is 3.18. The topological polar surface area (TPSA) is 115 Å². The number of carboxylic acids is 1. The zero-order valence-corrected chi connectivity index (χ0v) is 12.1. The Balaban J connectivity index is 2.22. The summed E-state index contributed by atoms with van der Waals surface area (Å²) in [5.41, 5.74) is -1.21. The number of hydrogen-bond donors (Lipinski definition) is 2. The highest BCUT2D eigenvalue weighted by Gasteiger charge is 2.47. The van der Waals surface area contributed by atoms with E-state index in [0.717, 1.165) is 6.20 Å². The fourth-order valence-corrected chi connectivity index (χ4v) is 2.34. The fourth-order valence-electron chi connectivity index (χ4n) is 1.88. The van der Waals surface area contributed by atoms with Gasteiger partial charge in [-0.15, -0.1) is 0 Å². The van der Waals surface area contributed by atoms with E-state index in [1.54, 1.807) is 6.92 Å². The van der Waals surface area contributed by atoms with Crippen molar-refractivity contribution in [1.82, 2.24) is 4.98 Å². The van der Waals surface area contributed by atoms with E-state index >= 15 is 0 Å². The minimum Gasteiger partial charge on any atom is -0.481 e. The largest absolute Gasteiger partial charge is 0.481 e. The van der Waals surface area contributed by atoms with Gasteiger partial charge in [-0.05, 0) is 22.9 Å². The lowest BCUT2D eigenvalue weighted by Crippen LogP contribution is -2.43. The number of rotatable bonds is 4. The van der Waals surface area contributed by atoms with E-state index in [9.17, 15) is 20.0 Å². The van der Waals surface area contributed by atoms with Crippen LogP contribution in [-0.4, -0.2) is 40.2 Å². The Bertz CT molecular complexity index is 567. The summed E-state index contributed by atoms with van der Waals surface area (Å²) in [6, 6.07) is 0.841. The van der Waals surface area contributed by atoms with Crippen LogP contribution in [0, 0.1) is 15.5 Å². The Labute approximate surface area is 122 Å². The molecule has 2 unspecified atom stereocenters. The molecule has 2 rings (SSSR count). The van der Waals surface area contributed by atoms with E-state index in [4.69, 9.17) is 4.74 Å². The number of carboxylic acid groups (broad SMARTS) is 1. The van der Waals surface area contributed by atoms with Crippen molar-refractivity contribution < 1.29 is 19.6 Å². The Hall–Kier alpha value is -1.74. The smallest absolute Gasteiger partial charge is 0.313 e. The molecule has 0 radical (unpaired) electrons. The molecule has 2 heterocycles. The van der Waals surface area contributed by atoms with Crippen LogP contribution >= 0.6 is 15.9 Å². The van der Waals surface area contributed by atoms with Crippen LogP contribution in [0.3, 0.4) is 0 Å². The van der Waals surface area contributed by atoms with Crippen molar-refractivity contribution in [3.05, 3.63) is 26.9 Å². The molecule has 20 heavy (non-hydrogen) atoms. The van der Waals surface area contributed by atoms with Crippen LogP contribution in [0.25, 0.3) is 0 Å². The molecular formula is C11H12BrN3O5. The van der Waals surface area contributed by atoms with E-state index in [1.165, 1.54) is 6.07 Å².